The maximum atomic E-state index is 9.38. The van der Waals surface area contributed by atoms with Crippen LogP contribution in [-0.2, 0) is 20.7 Å². The Morgan fingerprint density at radius 1 is 0.592 bits per heavy atom. The smallest absolute Gasteiger partial charge is 0.128 e. The minimum atomic E-state index is 0.181. The van der Waals surface area contributed by atoms with Gasteiger partial charge in [-0.25, -0.2) is 0 Å². The number of hydrogen-bond acceptors (Lipinski definition) is 8. The molecule has 0 unspecified atom stereocenters. The molecule has 5 aromatic carbocycles. The summed E-state index contributed by atoms with van der Waals surface area (Å²) in [4.78, 5) is 0. The topological polar surface area (TPSA) is 157 Å². The van der Waals surface area contributed by atoms with Crippen molar-refractivity contribution >= 4 is 33.4 Å². The summed E-state index contributed by atoms with van der Waals surface area (Å²) in [6.07, 6.45) is 0. The number of ether oxygens (including phenoxy) is 3. The van der Waals surface area contributed by atoms with Crippen LogP contribution in [0.4, 0.5) is 11.6 Å². The number of rotatable bonds is 7. The molecule has 0 saturated carbocycles. The second-order valence-electron chi connectivity index (χ2n) is 11.2. The number of benzene rings is 5. The summed E-state index contributed by atoms with van der Waals surface area (Å²) < 4.78 is 21.0. The van der Waals surface area contributed by atoms with Crippen molar-refractivity contribution in [2.24, 2.45) is 14.1 Å². The molecule has 0 radical (unpaired) electrons. The number of nitrogens with zero attached hydrogens (tertiary/aromatic N) is 4. The molecule has 2 heterocycles. The van der Waals surface area contributed by atoms with Crippen LogP contribution in [0.1, 0.15) is 16.7 Å². The Labute approximate surface area is 282 Å². The molecule has 0 aliphatic heterocycles. The molecule has 0 aliphatic carbocycles. The summed E-state index contributed by atoms with van der Waals surface area (Å²) in [7, 11) is 3.66. The van der Waals surface area contributed by atoms with Crippen LogP contribution in [0, 0.1) is 22.7 Å². The van der Waals surface area contributed by atoms with E-state index < -0.39 is 0 Å². The van der Waals surface area contributed by atoms with E-state index >= 15 is 0 Å². The van der Waals surface area contributed by atoms with Crippen LogP contribution >= 0.6 is 0 Å². The van der Waals surface area contributed by atoms with Gasteiger partial charge in [0.2, 0.25) is 0 Å². The number of aromatic hydroxyl groups is 1. The molecule has 0 amide bonds. The Morgan fingerprint density at radius 3 is 1.49 bits per heavy atom. The highest BCUT2D eigenvalue weighted by Gasteiger charge is 2.15. The molecule has 7 aromatic rings. The first-order chi connectivity index (χ1) is 23.7. The molecule has 49 heavy (non-hydrogen) atoms. The van der Waals surface area contributed by atoms with E-state index in [0.717, 1.165) is 33.1 Å². The van der Waals surface area contributed by atoms with E-state index in [1.165, 1.54) is 0 Å². The third kappa shape index (κ3) is 6.75. The summed E-state index contributed by atoms with van der Waals surface area (Å²) in [6.45, 7) is 0.518. The van der Waals surface area contributed by atoms with Crippen LogP contribution in [0.15, 0.2) is 115 Å². The molecule has 242 valence electrons. The number of nitrogen functional groups attached to an aromatic ring is 2. The van der Waals surface area contributed by atoms with Gasteiger partial charge in [-0.3, -0.25) is 0 Å². The molecule has 2 aromatic heterocycles. The van der Waals surface area contributed by atoms with Crippen molar-refractivity contribution in [2.75, 3.05) is 11.5 Å². The molecule has 7 rings (SSSR count). The van der Waals surface area contributed by atoms with Crippen molar-refractivity contribution < 1.29 is 19.3 Å². The monoisotopic (exact) mass is 648 g/mol. The fraction of sp³-hybridized carbons (Fsp3) is 0.0769. The fourth-order valence-electron chi connectivity index (χ4n) is 5.38. The summed E-state index contributed by atoms with van der Waals surface area (Å²) in [5, 5.41) is 29.4. The fourth-order valence-corrected chi connectivity index (χ4v) is 5.38. The molecule has 0 saturated heterocycles. The Morgan fingerprint density at radius 2 is 1.02 bits per heavy atom. The van der Waals surface area contributed by atoms with Gasteiger partial charge in [0.15, 0.2) is 0 Å². The lowest BCUT2D eigenvalue weighted by Gasteiger charge is -2.09. The number of nitriles is 2. The molecule has 5 N–H and O–H groups in total. The SMILES string of the molecule is Cn1c(N)c(C#N)c2cc(Oc3ccc(O)cc3)ccc21.Cn1c(N)c(C#N)c2cc(Oc3ccc(OCc4ccccc4)cc3)ccc21. The van der Waals surface area contributed by atoms with Crippen molar-refractivity contribution in [1.29, 1.82) is 10.5 Å². The number of hydrogen-bond donors (Lipinski definition) is 3. The molecule has 0 aliphatic rings. The van der Waals surface area contributed by atoms with Gasteiger partial charge in [-0.1, -0.05) is 30.3 Å². The van der Waals surface area contributed by atoms with E-state index in [1.807, 2.05) is 99.0 Å². The summed E-state index contributed by atoms with van der Waals surface area (Å²) in [5.41, 5.74) is 15.7. The molecule has 0 bridgehead atoms. The van der Waals surface area contributed by atoms with Gasteiger partial charge >= 0.3 is 0 Å². The molecular weight excluding hydrogens is 616 g/mol. The average molecular weight is 649 g/mol. The van der Waals surface area contributed by atoms with Gasteiger partial charge in [-0.15, -0.1) is 0 Å². The second-order valence-corrected chi connectivity index (χ2v) is 11.2. The molecule has 10 nitrogen and oxygen atoms in total. The van der Waals surface area contributed by atoms with Gasteiger partial charge in [0.05, 0.1) is 11.0 Å². The largest absolute Gasteiger partial charge is 0.508 e. The highest BCUT2D eigenvalue weighted by molar-refractivity contribution is 5.93. The van der Waals surface area contributed by atoms with Crippen LogP contribution in [0.2, 0.25) is 0 Å². The second kappa shape index (κ2) is 13.8. The van der Waals surface area contributed by atoms with Gasteiger partial charge in [0.1, 0.15) is 76.0 Å². The standard InChI is InChI=1S/C23H19N3O2.C16H13N3O2/c1-26-22-12-11-19(13-20(22)21(14-24)23(26)25)28-18-9-7-17(8-10-18)27-15-16-5-3-2-4-6-16;1-19-15-7-6-12(8-13(15)14(9-17)16(19)18)21-11-4-2-10(20)3-5-11/h2-13H,15,25H2,1H3;2-8,20H,18H2,1H3. The Bertz CT molecular complexity index is 2350. The van der Waals surface area contributed by atoms with Gasteiger partial charge in [-0.05, 0) is 90.5 Å². The van der Waals surface area contributed by atoms with Crippen molar-refractivity contribution in [3.8, 4) is 46.6 Å². The quantitative estimate of drug-likeness (QED) is 0.156. The lowest BCUT2D eigenvalue weighted by atomic mass is 10.1. The molecule has 10 heteroatoms. The van der Waals surface area contributed by atoms with Gasteiger partial charge in [0, 0.05) is 24.9 Å². The molecule has 0 atom stereocenters. The van der Waals surface area contributed by atoms with Crippen LogP contribution in [-0.4, -0.2) is 14.2 Å². The van der Waals surface area contributed by atoms with E-state index in [1.54, 1.807) is 39.5 Å². The van der Waals surface area contributed by atoms with Crippen LogP contribution < -0.4 is 25.7 Å². The normalized spacial score (nSPS) is 10.5. The summed E-state index contributed by atoms with van der Waals surface area (Å²) >= 11 is 0. The molecular formula is C39H32N6O4. The van der Waals surface area contributed by atoms with E-state index in [-0.39, 0.29) is 5.75 Å². The van der Waals surface area contributed by atoms with Crippen molar-refractivity contribution in [1.82, 2.24) is 9.13 Å². The number of aryl methyl sites for hydroxylation is 2. The lowest BCUT2D eigenvalue weighted by molar-refractivity contribution is 0.306. The number of phenols is 1. The zero-order valence-electron chi connectivity index (χ0n) is 26.8. The summed E-state index contributed by atoms with van der Waals surface area (Å²) in [5.74, 6) is 4.39. The maximum Gasteiger partial charge on any atom is 0.128 e. The predicted octanol–water partition coefficient (Wildman–Crippen LogP) is 8.13. The highest BCUT2D eigenvalue weighted by Crippen LogP contribution is 2.33. The predicted molar refractivity (Wildman–Crippen MR) is 190 cm³/mol. The Hall–Kier alpha value is -7.04. The first-order valence-corrected chi connectivity index (χ1v) is 15.2. The van der Waals surface area contributed by atoms with Crippen LogP contribution in [0.3, 0.4) is 0 Å². The number of phenolic OH excluding ortho intramolecular Hbond substituents is 1. The number of aromatic nitrogens is 2. The van der Waals surface area contributed by atoms with Gasteiger partial charge in [-0.2, -0.15) is 10.5 Å². The Kier molecular flexibility index (Phi) is 8.96. The average Bonchev–Trinajstić information content (AvgIpc) is 3.51. The molecule has 0 fully saturated rings. The zero-order valence-corrected chi connectivity index (χ0v) is 26.8. The third-order valence-corrected chi connectivity index (χ3v) is 8.04. The first kappa shape index (κ1) is 31.9. The third-order valence-electron chi connectivity index (χ3n) is 8.04. The first-order valence-electron chi connectivity index (χ1n) is 15.2. The number of fused-ring (bicyclic) bond motifs is 2. The number of nitrogens with two attached hydrogens (primary N) is 2. The van der Waals surface area contributed by atoms with Crippen molar-refractivity contribution in [3.05, 3.63) is 132 Å². The lowest BCUT2D eigenvalue weighted by Crippen LogP contribution is -1.96. The van der Waals surface area contributed by atoms with Gasteiger partial charge in [0.25, 0.3) is 0 Å². The molecule has 0 spiro atoms. The van der Waals surface area contributed by atoms with Gasteiger partial charge < -0.3 is 39.9 Å². The van der Waals surface area contributed by atoms with Crippen LogP contribution in [0.25, 0.3) is 21.8 Å². The van der Waals surface area contributed by atoms with Crippen LogP contribution in [0.5, 0.6) is 34.5 Å². The van der Waals surface area contributed by atoms with Crippen molar-refractivity contribution in [3.63, 3.8) is 0 Å². The zero-order chi connectivity index (χ0) is 34.5. The summed E-state index contributed by atoms with van der Waals surface area (Å²) in [6, 6.07) is 39.3. The maximum absolute atomic E-state index is 9.38. The minimum Gasteiger partial charge on any atom is -0.508 e. The van der Waals surface area contributed by atoms with E-state index in [4.69, 9.17) is 25.7 Å². The van der Waals surface area contributed by atoms with Crippen molar-refractivity contribution in [2.45, 2.75) is 6.61 Å². The Balaban J connectivity index is 0.000000177. The number of anilines is 2. The van der Waals surface area contributed by atoms with E-state index in [9.17, 15) is 15.6 Å². The van der Waals surface area contributed by atoms with E-state index in [0.29, 0.717) is 52.4 Å². The van der Waals surface area contributed by atoms with E-state index in [2.05, 4.69) is 12.1 Å². The highest BCUT2D eigenvalue weighted by atomic mass is 16.5. The minimum absolute atomic E-state index is 0.181.